The Morgan fingerprint density at radius 1 is 1.31 bits per heavy atom. The van der Waals surface area contributed by atoms with Crippen molar-refractivity contribution in [2.75, 3.05) is 5.32 Å². The third-order valence-corrected chi connectivity index (χ3v) is 2.55. The zero-order valence-corrected chi connectivity index (χ0v) is 8.54. The zero-order chi connectivity index (χ0) is 9.73. The molecule has 72 valence electrons. The van der Waals surface area contributed by atoms with E-state index >= 15 is 0 Å². The molecule has 1 aromatic heterocycles. The molecule has 0 atom stereocenters. The van der Waals surface area contributed by atoms with Gasteiger partial charge < -0.3 is 5.32 Å². The number of rotatable bonds is 4. The van der Waals surface area contributed by atoms with Crippen molar-refractivity contribution in [2.45, 2.75) is 39.2 Å². The molecule has 0 spiro atoms. The van der Waals surface area contributed by atoms with Crippen LogP contribution < -0.4 is 5.32 Å². The fourth-order valence-corrected chi connectivity index (χ4v) is 1.10. The van der Waals surface area contributed by atoms with Crippen LogP contribution in [0.4, 0.5) is 5.82 Å². The molecule has 0 saturated carbocycles. The SMILES string of the molecule is CCC(C)(CC)Nc1cnccn1. The third kappa shape index (κ3) is 2.68. The van der Waals surface area contributed by atoms with Gasteiger partial charge in [0.25, 0.3) is 0 Å². The summed E-state index contributed by atoms with van der Waals surface area (Å²) in [5.41, 5.74) is 0.135. The minimum absolute atomic E-state index is 0.135. The van der Waals surface area contributed by atoms with Crippen LogP contribution in [0, 0.1) is 0 Å². The molecule has 0 fully saturated rings. The van der Waals surface area contributed by atoms with E-state index < -0.39 is 0 Å². The first-order valence-corrected chi connectivity index (χ1v) is 4.74. The molecule has 0 aliphatic heterocycles. The maximum Gasteiger partial charge on any atom is 0.144 e. The van der Waals surface area contributed by atoms with Crippen molar-refractivity contribution in [3.63, 3.8) is 0 Å². The number of hydrogen-bond acceptors (Lipinski definition) is 3. The maximum atomic E-state index is 4.19. The van der Waals surface area contributed by atoms with Gasteiger partial charge in [-0.1, -0.05) is 13.8 Å². The van der Waals surface area contributed by atoms with Crippen molar-refractivity contribution in [3.05, 3.63) is 18.6 Å². The first-order valence-electron chi connectivity index (χ1n) is 4.74. The normalized spacial score (nSPS) is 11.3. The summed E-state index contributed by atoms with van der Waals surface area (Å²) in [5, 5.41) is 3.38. The summed E-state index contributed by atoms with van der Waals surface area (Å²) >= 11 is 0. The molecular formula is C10H17N3. The number of nitrogens with one attached hydrogen (secondary N) is 1. The summed E-state index contributed by atoms with van der Waals surface area (Å²) in [6.45, 7) is 6.54. The lowest BCUT2D eigenvalue weighted by molar-refractivity contribution is 0.476. The fourth-order valence-electron chi connectivity index (χ4n) is 1.10. The van der Waals surface area contributed by atoms with E-state index in [2.05, 4.69) is 36.1 Å². The Hall–Kier alpha value is -1.12. The van der Waals surface area contributed by atoms with Gasteiger partial charge in [0, 0.05) is 17.9 Å². The van der Waals surface area contributed by atoms with Gasteiger partial charge in [0.1, 0.15) is 5.82 Å². The van der Waals surface area contributed by atoms with E-state index in [-0.39, 0.29) is 5.54 Å². The van der Waals surface area contributed by atoms with Crippen LogP contribution in [0.1, 0.15) is 33.6 Å². The van der Waals surface area contributed by atoms with Crippen LogP contribution in [0.15, 0.2) is 18.6 Å². The first kappa shape index (κ1) is 9.96. The quantitative estimate of drug-likeness (QED) is 0.771. The molecular weight excluding hydrogens is 162 g/mol. The Balaban J connectivity index is 2.68. The molecule has 1 aromatic rings. The van der Waals surface area contributed by atoms with Crippen molar-refractivity contribution in [1.29, 1.82) is 0 Å². The summed E-state index contributed by atoms with van der Waals surface area (Å²) < 4.78 is 0. The number of nitrogens with zero attached hydrogens (tertiary/aromatic N) is 2. The minimum atomic E-state index is 0.135. The van der Waals surface area contributed by atoms with Crippen LogP contribution in [0.5, 0.6) is 0 Å². The van der Waals surface area contributed by atoms with E-state index in [1.54, 1.807) is 18.6 Å². The van der Waals surface area contributed by atoms with Gasteiger partial charge in [0.05, 0.1) is 6.20 Å². The smallest absolute Gasteiger partial charge is 0.144 e. The van der Waals surface area contributed by atoms with Gasteiger partial charge in [-0.05, 0) is 19.8 Å². The Labute approximate surface area is 79.6 Å². The van der Waals surface area contributed by atoms with Crippen LogP contribution in [0.2, 0.25) is 0 Å². The van der Waals surface area contributed by atoms with Crippen molar-refractivity contribution in [3.8, 4) is 0 Å². The zero-order valence-electron chi connectivity index (χ0n) is 8.54. The van der Waals surface area contributed by atoms with Crippen molar-refractivity contribution < 1.29 is 0 Å². The molecule has 0 aliphatic carbocycles. The van der Waals surface area contributed by atoms with Gasteiger partial charge in [-0.25, -0.2) is 4.98 Å². The Kier molecular flexibility index (Phi) is 3.23. The molecule has 1 N–H and O–H groups in total. The van der Waals surface area contributed by atoms with Gasteiger partial charge >= 0.3 is 0 Å². The monoisotopic (exact) mass is 179 g/mol. The molecule has 0 unspecified atom stereocenters. The van der Waals surface area contributed by atoms with E-state index in [9.17, 15) is 0 Å². The summed E-state index contributed by atoms with van der Waals surface area (Å²) in [6.07, 6.45) is 7.30. The van der Waals surface area contributed by atoms with Crippen LogP contribution in [0.3, 0.4) is 0 Å². The van der Waals surface area contributed by atoms with E-state index in [0.717, 1.165) is 18.7 Å². The molecule has 0 amide bonds. The Morgan fingerprint density at radius 2 is 2.00 bits per heavy atom. The lowest BCUT2D eigenvalue weighted by atomic mass is 9.96. The predicted molar refractivity (Wildman–Crippen MR) is 54.6 cm³/mol. The maximum absolute atomic E-state index is 4.19. The number of aromatic nitrogens is 2. The molecule has 0 bridgehead atoms. The molecule has 3 nitrogen and oxygen atoms in total. The minimum Gasteiger partial charge on any atom is -0.364 e. The molecule has 3 heteroatoms. The van der Waals surface area contributed by atoms with Crippen LogP contribution in [-0.2, 0) is 0 Å². The molecule has 0 aromatic carbocycles. The topological polar surface area (TPSA) is 37.8 Å². The average molecular weight is 179 g/mol. The van der Waals surface area contributed by atoms with Crippen LogP contribution in [-0.4, -0.2) is 15.5 Å². The summed E-state index contributed by atoms with van der Waals surface area (Å²) in [6, 6.07) is 0. The first-order chi connectivity index (χ1) is 6.20. The molecule has 1 rings (SSSR count). The molecule has 13 heavy (non-hydrogen) atoms. The van der Waals surface area contributed by atoms with E-state index in [1.165, 1.54) is 0 Å². The molecule has 0 aliphatic rings. The number of hydrogen-bond donors (Lipinski definition) is 1. The lowest BCUT2D eigenvalue weighted by Crippen LogP contribution is -2.33. The van der Waals surface area contributed by atoms with Crippen molar-refractivity contribution in [1.82, 2.24) is 9.97 Å². The Morgan fingerprint density at radius 3 is 2.46 bits per heavy atom. The van der Waals surface area contributed by atoms with Crippen molar-refractivity contribution in [2.24, 2.45) is 0 Å². The highest BCUT2D eigenvalue weighted by atomic mass is 15.1. The average Bonchev–Trinajstić information content (AvgIpc) is 2.19. The second-order valence-corrected chi connectivity index (χ2v) is 3.48. The molecule has 0 radical (unpaired) electrons. The predicted octanol–water partition coefficient (Wildman–Crippen LogP) is 2.47. The highest BCUT2D eigenvalue weighted by Crippen LogP contribution is 2.18. The summed E-state index contributed by atoms with van der Waals surface area (Å²) in [7, 11) is 0. The third-order valence-electron chi connectivity index (χ3n) is 2.55. The molecule has 0 saturated heterocycles. The van der Waals surface area contributed by atoms with Gasteiger partial charge in [-0.3, -0.25) is 4.98 Å². The second-order valence-electron chi connectivity index (χ2n) is 3.48. The van der Waals surface area contributed by atoms with Crippen molar-refractivity contribution >= 4 is 5.82 Å². The van der Waals surface area contributed by atoms with Gasteiger partial charge in [-0.15, -0.1) is 0 Å². The van der Waals surface area contributed by atoms with Crippen LogP contribution in [0.25, 0.3) is 0 Å². The highest BCUT2D eigenvalue weighted by Gasteiger charge is 2.18. The standard InChI is InChI=1S/C10H17N3/c1-4-10(3,5-2)13-9-8-11-6-7-12-9/h6-8H,4-5H2,1-3H3,(H,12,13). The number of anilines is 1. The van der Waals surface area contributed by atoms with E-state index in [4.69, 9.17) is 0 Å². The lowest BCUT2D eigenvalue weighted by Gasteiger charge is -2.28. The summed E-state index contributed by atoms with van der Waals surface area (Å²) in [4.78, 5) is 8.20. The van der Waals surface area contributed by atoms with E-state index in [0.29, 0.717) is 0 Å². The second kappa shape index (κ2) is 4.21. The highest BCUT2D eigenvalue weighted by molar-refractivity contribution is 5.33. The molecule has 1 heterocycles. The Bertz CT molecular complexity index is 242. The van der Waals surface area contributed by atoms with Crippen LogP contribution >= 0.6 is 0 Å². The van der Waals surface area contributed by atoms with Gasteiger partial charge in [0.15, 0.2) is 0 Å². The fraction of sp³-hybridized carbons (Fsp3) is 0.600. The summed E-state index contributed by atoms with van der Waals surface area (Å²) in [5.74, 6) is 0.855. The largest absolute Gasteiger partial charge is 0.364 e. The van der Waals surface area contributed by atoms with Gasteiger partial charge in [0.2, 0.25) is 0 Å². The van der Waals surface area contributed by atoms with Gasteiger partial charge in [-0.2, -0.15) is 0 Å². The van der Waals surface area contributed by atoms with E-state index in [1.807, 2.05) is 0 Å².